The van der Waals surface area contributed by atoms with Crippen LogP contribution in [-0.2, 0) is 4.74 Å². The van der Waals surface area contributed by atoms with Crippen LogP contribution in [0.5, 0.6) is 0 Å². The SMILES string of the molecule is COC(c1ccccc1)n1c(C)cc2cc(Cl)ccc21. The predicted molar refractivity (Wildman–Crippen MR) is 83.3 cm³/mol. The van der Waals surface area contributed by atoms with Crippen molar-refractivity contribution >= 4 is 22.5 Å². The van der Waals surface area contributed by atoms with E-state index in [0.29, 0.717) is 0 Å². The third kappa shape index (κ3) is 2.21. The highest BCUT2D eigenvalue weighted by atomic mass is 35.5. The van der Waals surface area contributed by atoms with Gasteiger partial charge in [-0.05, 0) is 31.2 Å². The minimum absolute atomic E-state index is 0.130. The van der Waals surface area contributed by atoms with Gasteiger partial charge in [0.15, 0.2) is 6.23 Å². The molecule has 0 N–H and O–H groups in total. The second-order valence-corrected chi connectivity index (χ2v) is 5.29. The molecule has 102 valence electrons. The van der Waals surface area contributed by atoms with Gasteiger partial charge in [0.25, 0.3) is 0 Å². The molecule has 0 aliphatic rings. The Kier molecular flexibility index (Phi) is 3.51. The number of nitrogens with zero attached hydrogens (tertiary/aromatic N) is 1. The van der Waals surface area contributed by atoms with Gasteiger partial charge in [-0.2, -0.15) is 0 Å². The first-order chi connectivity index (χ1) is 9.70. The molecule has 0 saturated heterocycles. The van der Waals surface area contributed by atoms with Crippen molar-refractivity contribution < 1.29 is 4.74 Å². The largest absolute Gasteiger partial charge is 0.357 e. The highest BCUT2D eigenvalue weighted by Crippen LogP contribution is 2.30. The van der Waals surface area contributed by atoms with E-state index >= 15 is 0 Å². The summed E-state index contributed by atoms with van der Waals surface area (Å²) in [6, 6.07) is 18.3. The van der Waals surface area contributed by atoms with Crippen LogP contribution < -0.4 is 0 Å². The molecule has 0 saturated carbocycles. The Morgan fingerprint density at radius 3 is 2.50 bits per heavy atom. The Morgan fingerprint density at radius 1 is 1.05 bits per heavy atom. The normalized spacial score (nSPS) is 12.8. The Balaban J connectivity index is 2.19. The molecule has 0 spiro atoms. The van der Waals surface area contributed by atoms with Crippen LogP contribution in [0.15, 0.2) is 54.6 Å². The fraction of sp³-hybridized carbons (Fsp3) is 0.176. The van der Waals surface area contributed by atoms with Gasteiger partial charge in [-0.3, -0.25) is 0 Å². The first-order valence-corrected chi connectivity index (χ1v) is 6.93. The number of benzene rings is 2. The topological polar surface area (TPSA) is 14.2 Å². The molecule has 1 heterocycles. The lowest BCUT2D eigenvalue weighted by Crippen LogP contribution is -2.13. The minimum atomic E-state index is -0.130. The van der Waals surface area contributed by atoms with Crippen molar-refractivity contribution in [1.82, 2.24) is 4.57 Å². The van der Waals surface area contributed by atoms with E-state index in [9.17, 15) is 0 Å². The summed E-state index contributed by atoms with van der Waals surface area (Å²) in [5.74, 6) is 0. The van der Waals surface area contributed by atoms with Crippen LogP contribution in [0.3, 0.4) is 0 Å². The maximum Gasteiger partial charge on any atom is 0.159 e. The van der Waals surface area contributed by atoms with E-state index in [-0.39, 0.29) is 6.23 Å². The molecule has 3 heteroatoms. The third-order valence-electron chi connectivity index (χ3n) is 3.54. The summed E-state index contributed by atoms with van der Waals surface area (Å²) in [5.41, 5.74) is 3.41. The average molecular weight is 286 g/mol. The van der Waals surface area contributed by atoms with Crippen molar-refractivity contribution in [2.24, 2.45) is 0 Å². The molecule has 0 aliphatic heterocycles. The number of methoxy groups -OCH3 is 1. The summed E-state index contributed by atoms with van der Waals surface area (Å²) < 4.78 is 7.93. The Labute approximate surface area is 123 Å². The molecule has 0 bridgehead atoms. The number of halogens is 1. The standard InChI is InChI=1S/C17H16ClNO/c1-12-10-14-11-15(18)8-9-16(14)19(12)17(20-2)13-6-4-3-5-7-13/h3-11,17H,1-2H3. The van der Waals surface area contributed by atoms with Gasteiger partial charge in [-0.1, -0.05) is 41.9 Å². The summed E-state index contributed by atoms with van der Waals surface area (Å²) >= 11 is 6.07. The van der Waals surface area contributed by atoms with Gasteiger partial charge >= 0.3 is 0 Å². The predicted octanol–water partition coefficient (Wildman–Crippen LogP) is 4.80. The van der Waals surface area contributed by atoms with E-state index in [1.807, 2.05) is 36.4 Å². The molecule has 1 aromatic heterocycles. The first-order valence-electron chi connectivity index (χ1n) is 6.55. The fourth-order valence-corrected chi connectivity index (χ4v) is 2.85. The first kappa shape index (κ1) is 13.2. The zero-order valence-corrected chi connectivity index (χ0v) is 12.3. The molecule has 1 atom stereocenters. The van der Waals surface area contributed by atoms with Crippen LogP contribution in [0.2, 0.25) is 5.02 Å². The molecular weight excluding hydrogens is 270 g/mol. The van der Waals surface area contributed by atoms with Crippen LogP contribution in [0.4, 0.5) is 0 Å². The van der Waals surface area contributed by atoms with Crippen LogP contribution in [-0.4, -0.2) is 11.7 Å². The zero-order valence-electron chi connectivity index (χ0n) is 11.5. The molecule has 0 radical (unpaired) electrons. The summed E-state index contributed by atoms with van der Waals surface area (Å²) in [7, 11) is 1.73. The maximum absolute atomic E-state index is 6.07. The molecule has 3 aromatic rings. The lowest BCUT2D eigenvalue weighted by molar-refractivity contribution is 0.0808. The second-order valence-electron chi connectivity index (χ2n) is 4.86. The molecule has 2 aromatic carbocycles. The van der Waals surface area contributed by atoms with Crippen molar-refractivity contribution in [1.29, 1.82) is 0 Å². The van der Waals surface area contributed by atoms with Gasteiger partial charge in [0, 0.05) is 28.8 Å². The molecule has 3 rings (SSSR count). The van der Waals surface area contributed by atoms with Crippen LogP contribution in [0.1, 0.15) is 17.5 Å². The van der Waals surface area contributed by atoms with Crippen LogP contribution in [0.25, 0.3) is 10.9 Å². The van der Waals surface area contributed by atoms with Gasteiger partial charge in [-0.15, -0.1) is 0 Å². The Bertz CT molecular complexity index is 733. The van der Waals surface area contributed by atoms with Crippen LogP contribution in [0, 0.1) is 6.92 Å². The lowest BCUT2D eigenvalue weighted by atomic mass is 10.2. The van der Waals surface area contributed by atoms with Gasteiger partial charge in [0.05, 0.1) is 5.52 Å². The fourth-order valence-electron chi connectivity index (χ4n) is 2.66. The molecule has 20 heavy (non-hydrogen) atoms. The molecule has 0 aliphatic carbocycles. The molecular formula is C17H16ClNO. The van der Waals surface area contributed by atoms with Crippen molar-refractivity contribution in [3.63, 3.8) is 0 Å². The van der Waals surface area contributed by atoms with Gasteiger partial charge < -0.3 is 9.30 Å². The molecule has 0 fully saturated rings. The van der Waals surface area contributed by atoms with Gasteiger partial charge in [0.1, 0.15) is 0 Å². The molecule has 1 unspecified atom stereocenters. The Morgan fingerprint density at radius 2 is 1.80 bits per heavy atom. The quantitative estimate of drug-likeness (QED) is 0.674. The van der Waals surface area contributed by atoms with E-state index in [2.05, 4.69) is 29.7 Å². The van der Waals surface area contributed by atoms with Gasteiger partial charge in [-0.25, -0.2) is 0 Å². The zero-order chi connectivity index (χ0) is 14.1. The number of aromatic nitrogens is 1. The van der Waals surface area contributed by atoms with Crippen molar-refractivity contribution in [3.05, 3.63) is 70.9 Å². The number of fused-ring (bicyclic) bond motifs is 1. The van der Waals surface area contributed by atoms with E-state index in [0.717, 1.165) is 27.2 Å². The number of ether oxygens (including phenoxy) is 1. The molecule has 2 nitrogen and oxygen atoms in total. The van der Waals surface area contributed by atoms with E-state index in [4.69, 9.17) is 16.3 Å². The number of hydrogen-bond acceptors (Lipinski definition) is 1. The van der Waals surface area contributed by atoms with Crippen molar-refractivity contribution in [2.75, 3.05) is 7.11 Å². The smallest absolute Gasteiger partial charge is 0.159 e. The summed E-state index contributed by atoms with van der Waals surface area (Å²) in [5, 5.41) is 1.89. The van der Waals surface area contributed by atoms with E-state index in [1.54, 1.807) is 7.11 Å². The summed E-state index contributed by atoms with van der Waals surface area (Å²) in [6.07, 6.45) is -0.130. The lowest BCUT2D eigenvalue weighted by Gasteiger charge is -2.21. The Hall–Kier alpha value is -1.77. The van der Waals surface area contributed by atoms with Crippen LogP contribution >= 0.6 is 11.6 Å². The summed E-state index contributed by atoms with van der Waals surface area (Å²) in [6.45, 7) is 2.09. The average Bonchev–Trinajstić information content (AvgIpc) is 2.77. The number of hydrogen-bond donors (Lipinski definition) is 0. The van der Waals surface area contributed by atoms with E-state index in [1.165, 1.54) is 0 Å². The monoisotopic (exact) mass is 285 g/mol. The second kappa shape index (κ2) is 5.31. The highest BCUT2D eigenvalue weighted by Gasteiger charge is 2.17. The number of aryl methyl sites for hydroxylation is 1. The summed E-state index contributed by atoms with van der Waals surface area (Å²) in [4.78, 5) is 0. The van der Waals surface area contributed by atoms with Crippen molar-refractivity contribution in [2.45, 2.75) is 13.2 Å². The molecule has 0 amide bonds. The third-order valence-corrected chi connectivity index (χ3v) is 3.77. The highest BCUT2D eigenvalue weighted by molar-refractivity contribution is 6.31. The van der Waals surface area contributed by atoms with Gasteiger partial charge in [0.2, 0.25) is 0 Å². The van der Waals surface area contributed by atoms with E-state index < -0.39 is 0 Å². The van der Waals surface area contributed by atoms with Crippen molar-refractivity contribution in [3.8, 4) is 0 Å². The maximum atomic E-state index is 6.07. The minimum Gasteiger partial charge on any atom is -0.357 e. The number of rotatable bonds is 3.